The summed E-state index contributed by atoms with van der Waals surface area (Å²) in [5.74, 6) is 0.692. The van der Waals surface area contributed by atoms with Crippen LogP contribution in [0.2, 0.25) is 0 Å². The van der Waals surface area contributed by atoms with Crippen LogP contribution in [0, 0.1) is 0 Å². The molecule has 2 heterocycles. The molecule has 22 heavy (non-hydrogen) atoms. The molecule has 2 aromatic carbocycles. The first-order valence-electron chi connectivity index (χ1n) is 7.20. The number of benzene rings is 2. The Morgan fingerprint density at radius 2 is 1.77 bits per heavy atom. The summed E-state index contributed by atoms with van der Waals surface area (Å²) in [5.41, 5.74) is 2.62. The molecule has 0 bridgehead atoms. The van der Waals surface area contributed by atoms with Crippen LogP contribution in [0.3, 0.4) is 0 Å². The molecule has 0 saturated heterocycles. The maximum Gasteiger partial charge on any atom is 0.261 e. The smallest absolute Gasteiger partial charge is 0.261 e. The molecule has 1 aromatic heterocycles. The molecule has 0 amide bonds. The number of aromatic nitrogens is 2. The van der Waals surface area contributed by atoms with Crippen LogP contribution in [-0.4, -0.2) is 9.55 Å². The van der Waals surface area contributed by atoms with Gasteiger partial charge >= 0.3 is 0 Å². The fraction of sp³-hybridized carbons (Fsp3) is 0.111. The van der Waals surface area contributed by atoms with Crippen LogP contribution in [0.5, 0.6) is 0 Å². The van der Waals surface area contributed by atoms with Gasteiger partial charge in [-0.1, -0.05) is 54.1 Å². The molecular weight excluding hydrogens is 296 g/mol. The van der Waals surface area contributed by atoms with Gasteiger partial charge in [0.2, 0.25) is 0 Å². The number of para-hydroxylation sites is 1. The van der Waals surface area contributed by atoms with Gasteiger partial charge in [0.25, 0.3) is 5.56 Å². The summed E-state index contributed by atoms with van der Waals surface area (Å²) in [5, 5.41) is 1.33. The van der Waals surface area contributed by atoms with E-state index in [1.165, 1.54) is 0 Å². The minimum absolute atomic E-state index is 0.00753. The topological polar surface area (TPSA) is 34.9 Å². The Kier molecular flexibility index (Phi) is 3.09. The summed E-state index contributed by atoms with van der Waals surface area (Å²) >= 11 is 6.57. The molecule has 4 rings (SSSR count). The average molecular weight is 309 g/mol. The Labute approximate surface area is 132 Å². The maximum atomic E-state index is 12.6. The molecule has 0 unspecified atom stereocenters. The van der Waals surface area contributed by atoms with E-state index in [1.807, 2.05) is 54.6 Å². The molecule has 0 saturated carbocycles. The van der Waals surface area contributed by atoms with Crippen LogP contribution >= 0.6 is 11.6 Å². The first-order chi connectivity index (χ1) is 10.8. The molecule has 3 aromatic rings. The second-order valence-corrected chi connectivity index (χ2v) is 5.70. The van der Waals surface area contributed by atoms with E-state index in [-0.39, 0.29) is 5.56 Å². The normalized spacial score (nSPS) is 15.9. The van der Waals surface area contributed by atoms with Crippen molar-refractivity contribution in [3.63, 3.8) is 0 Å². The number of hydrogen-bond acceptors (Lipinski definition) is 2. The molecule has 0 atom stereocenters. The van der Waals surface area contributed by atoms with Crippen LogP contribution in [0.1, 0.15) is 17.8 Å². The monoisotopic (exact) mass is 308 g/mol. The van der Waals surface area contributed by atoms with E-state index in [0.717, 1.165) is 23.1 Å². The third kappa shape index (κ3) is 1.97. The van der Waals surface area contributed by atoms with E-state index in [4.69, 9.17) is 11.6 Å². The zero-order valence-electron chi connectivity index (χ0n) is 11.8. The molecule has 4 heteroatoms. The Bertz CT molecular complexity index is 958. The van der Waals surface area contributed by atoms with Crippen molar-refractivity contribution in [3.8, 4) is 0 Å². The fourth-order valence-electron chi connectivity index (χ4n) is 2.91. The lowest BCUT2D eigenvalue weighted by molar-refractivity contribution is 0.725. The van der Waals surface area contributed by atoms with Gasteiger partial charge in [-0.05, 0) is 24.1 Å². The van der Waals surface area contributed by atoms with Gasteiger partial charge in [-0.25, -0.2) is 4.98 Å². The van der Waals surface area contributed by atoms with E-state index in [9.17, 15) is 4.79 Å². The van der Waals surface area contributed by atoms with Crippen molar-refractivity contribution in [2.75, 3.05) is 0 Å². The first-order valence-corrected chi connectivity index (χ1v) is 7.57. The van der Waals surface area contributed by atoms with Crippen molar-refractivity contribution >= 4 is 33.1 Å². The average Bonchev–Trinajstić information content (AvgIpc) is 2.99. The van der Waals surface area contributed by atoms with Crippen LogP contribution in [-0.2, 0) is 6.54 Å². The zero-order valence-corrected chi connectivity index (χ0v) is 12.5. The van der Waals surface area contributed by atoms with Crippen LogP contribution < -0.4 is 5.56 Å². The predicted octanol–water partition coefficient (Wildman–Crippen LogP) is 3.91. The summed E-state index contributed by atoms with van der Waals surface area (Å²) < 4.78 is 1.73. The lowest BCUT2D eigenvalue weighted by Crippen LogP contribution is -2.20. The quantitative estimate of drug-likeness (QED) is 0.683. The van der Waals surface area contributed by atoms with Crippen molar-refractivity contribution in [2.45, 2.75) is 13.0 Å². The lowest BCUT2D eigenvalue weighted by atomic mass is 10.1. The van der Waals surface area contributed by atoms with E-state index in [0.29, 0.717) is 22.8 Å². The highest BCUT2D eigenvalue weighted by molar-refractivity contribution is 6.52. The summed E-state index contributed by atoms with van der Waals surface area (Å²) in [6.07, 6.45) is 0.728. The second kappa shape index (κ2) is 5.11. The Morgan fingerprint density at radius 1 is 1.05 bits per heavy atom. The highest BCUT2D eigenvalue weighted by Gasteiger charge is 2.23. The molecule has 0 aliphatic carbocycles. The van der Waals surface area contributed by atoms with Crippen LogP contribution in [0.15, 0.2) is 59.4 Å². The van der Waals surface area contributed by atoms with Crippen molar-refractivity contribution in [3.05, 3.63) is 76.3 Å². The molecule has 1 aliphatic rings. The number of rotatable bonds is 1. The Hall–Kier alpha value is -2.39. The Balaban J connectivity index is 1.99. The summed E-state index contributed by atoms with van der Waals surface area (Å²) in [6, 6.07) is 17.2. The maximum absolute atomic E-state index is 12.6. The highest BCUT2D eigenvalue weighted by Crippen LogP contribution is 2.35. The SMILES string of the molecule is O=c1c2ccccc2nc2n1CC/C2=C(/Cl)c1ccccc1. The second-order valence-electron chi connectivity index (χ2n) is 5.32. The molecule has 0 fully saturated rings. The molecule has 1 aliphatic heterocycles. The van der Waals surface area contributed by atoms with Crippen LogP contribution in [0.25, 0.3) is 21.5 Å². The third-order valence-electron chi connectivity index (χ3n) is 4.01. The lowest BCUT2D eigenvalue weighted by Gasteiger charge is -2.07. The number of nitrogens with zero attached hydrogens (tertiary/aromatic N) is 2. The van der Waals surface area contributed by atoms with E-state index < -0.39 is 0 Å². The van der Waals surface area contributed by atoms with Gasteiger partial charge in [0, 0.05) is 12.1 Å². The van der Waals surface area contributed by atoms with Gasteiger partial charge < -0.3 is 0 Å². The number of halogens is 1. The van der Waals surface area contributed by atoms with Crippen molar-refractivity contribution in [1.82, 2.24) is 9.55 Å². The minimum Gasteiger partial charge on any atom is -0.292 e. The number of hydrogen-bond donors (Lipinski definition) is 0. The van der Waals surface area contributed by atoms with Crippen LogP contribution in [0.4, 0.5) is 0 Å². The summed E-state index contributed by atoms with van der Waals surface area (Å²) in [7, 11) is 0. The van der Waals surface area contributed by atoms with Crippen molar-refractivity contribution in [1.29, 1.82) is 0 Å². The van der Waals surface area contributed by atoms with Gasteiger partial charge in [0.05, 0.1) is 15.9 Å². The van der Waals surface area contributed by atoms with Gasteiger partial charge in [0.1, 0.15) is 5.82 Å². The Morgan fingerprint density at radius 3 is 2.59 bits per heavy atom. The molecule has 0 radical (unpaired) electrons. The summed E-state index contributed by atoms with van der Waals surface area (Å²) in [4.78, 5) is 17.2. The van der Waals surface area contributed by atoms with Crippen molar-refractivity contribution in [2.24, 2.45) is 0 Å². The molecule has 0 spiro atoms. The van der Waals surface area contributed by atoms with E-state index in [2.05, 4.69) is 4.98 Å². The van der Waals surface area contributed by atoms with Gasteiger partial charge in [-0.3, -0.25) is 9.36 Å². The third-order valence-corrected chi connectivity index (χ3v) is 4.46. The van der Waals surface area contributed by atoms with E-state index >= 15 is 0 Å². The molecular formula is C18H13ClN2O. The molecule has 0 N–H and O–H groups in total. The van der Waals surface area contributed by atoms with Gasteiger partial charge in [0.15, 0.2) is 0 Å². The number of allylic oxidation sites excluding steroid dienone is 1. The van der Waals surface area contributed by atoms with Crippen molar-refractivity contribution < 1.29 is 0 Å². The first kappa shape index (κ1) is 13.3. The zero-order chi connectivity index (χ0) is 15.1. The molecule has 3 nitrogen and oxygen atoms in total. The largest absolute Gasteiger partial charge is 0.292 e. The standard InChI is InChI=1S/C18H13ClN2O/c19-16(12-6-2-1-3-7-12)14-10-11-21-17(14)20-15-9-5-4-8-13(15)18(21)22/h1-9H,10-11H2/b16-14-. The highest BCUT2D eigenvalue weighted by atomic mass is 35.5. The number of fused-ring (bicyclic) bond motifs is 2. The predicted molar refractivity (Wildman–Crippen MR) is 89.7 cm³/mol. The van der Waals surface area contributed by atoms with Gasteiger partial charge in [-0.15, -0.1) is 0 Å². The summed E-state index contributed by atoms with van der Waals surface area (Å²) in [6.45, 7) is 0.629. The van der Waals surface area contributed by atoms with Gasteiger partial charge in [-0.2, -0.15) is 0 Å². The van der Waals surface area contributed by atoms with E-state index in [1.54, 1.807) is 4.57 Å². The fourth-order valence-corrected chi connectivity index (χ4v) is 3.21. The molecule has 108 valence electrons. The minimum atomic E-state index is 0.00753.